The maximum atomic E-state index is 12.7. The average Bonchev–Trinajstić information content (AvgIpc) is 3.11. The molecular weight excluding hydrogens is 430 g/mol. The van der Waals surface area contributed by atoms with Crippen LogP contribution < -0.4 is 10.1 Å². The summed E-state index contributed by atoms with van der Waals surface area (Å²) in [6.07, 6.45) is 0. The highest BCUT2D eigenvalue weighted by Gasteiger charge is 2.15. The molecule has 29 heavy (non-hydrogen) atoms. The molecule has 1 aromatic heterocycles. The fourth-order valence-corrected chi connectivity index (χ4v) is 3.63. The Morgan fingerprint density at radius 2 is 1.86 bits per heavy atom. The van der Waals surface area contributed by atoms with Gasteiger partial charge in [0.1, 0.15) is 18.1 Å². The fourth-order valence-electron chi connectivity index (χ4n) is 3.23. The second-order valence-corrected chi connectivity index (χ2v) is 7.56. The lowest BCUT2D eigenvalue weighted by atomic mass is 10.2. The van der Waals surface area contributed by atoms with Gasteiger partial charge in [0.15, 0.2) is 0 Å². The van der Waals surface area contributed by atoms with Crippen molar-refractivity contribution in [3.8, 4) is 17.1 Å². The molecule has 0 saturated carbocycles. The Morgan fingerprint density at radius 3 is 2.62 bits per heavy atom. The number of nitrogens with zero attached hydrogens (tertiary/aromatic N) is 2. The predicted molar refractivity (Wildman–Crippen MR) is 118 cm³/mol. The van der Waals surface area contributed by atoms with Crippen LogP contribution in [0.1, 0.15) is 5.56 Å². The molecule has 0 saturated heterocycles. The van der Waals surface area contributed by atoms with E-state index in [-0.39, 0.29) is 12.5 Å². The molecule has 0 radical (unpaired) electrons. The van der Waals surface area contributed by atoms with Crippen LogP contribution in [-0.2, 0) is 17.9 Å². The SMILES string of the molecule is COc1ccc(CNC(=O)Cn2c(-c3cccc(Br)c3)nc3ccccc32)cc1. The number of methoxy groups -OCH3 is 1. The Labute approximate surface area is 177 Å². The number of benzene rings is 3. The third kappa shape index (κ3) is 4.32. The van der Waals surface area contributed by atoms with Gasteiger partial charge in [0.05, 0.1) is 18.1 Å². The van der Waals surface area contributed by atoms with E-state index in [0.717, 1.165) is 38.2 Å². The number of aromatic nitrogens is 2. The second-order valence-electron chi connectivity index (χ2n) is 6.65. The number of carbonyl (C=O) groups is 1. The molecule has 0 fully saturated rings. The summed E-state index contributed by atoms with van der Waals surface area (Å²) in [7, 11) is 1.63. The number of imidazole rings is 1. The van der Waals surface area contributed by atoms with Gasteiger partial charge in [-0.15, -0.1) is 0 Å². The van der Waals surface area contributed by atoms with Crippen LogP contribution in [-0.4, -0.2) is 22.6 Å². The normalized spacial score (nSPS) is 10.8. The summed E-state index contributed by atoms with van der Waals surface area (Å²) in [6, 6.07) is 23.5. The topological polar surface area (TPSA) is 56.1 Å². The van der Waals surface area contributed by atoms with Crippen molar-refractivity contribution in [2.45, 2.75) is 13.1 Å². The zero-order chi connectivity index (χ0) is 20.2. The first kappa shape index (κ1) is 19.2. The van der Waals surface area contributed by atoms with Gasteiger partial charge in [0.2, 0.25) is 5.91 Å². The van der Waals surface area contributed by atoms with Crippen molar-refractivity contribution in [3.63, 3.8) is 0 Å². The van der Waals surface area contributed by atoms with Crippen LogP contribution in [0.2, 0.25) is 0 Å². The van der Waals surface area contributed by atoms with Gasteiger partial charge in [-0.1, -0.05) is 52.3 Å². The van der Waals surface area contributed by atoms with Crippen LogP contribution in [0.5, 0.6) is 5.75 Å². The van der Waals surface area contributed by atoms with E-state index in [1.54, 1.807) is 7.11 Å². The Bertz CT molecular complexity index is 1150. The molecule has 4 rings (SSSR count). The Hall–Kier alpha value is -3.12. The summed E-state index contributed by atoms with van der Waals surface area (Å²) in [5.41, 5.74) is 3.77. The zero-order valence-electron chi connectivity index (χ0n) is 15.9. The van der Waals surface area contributed by atoms with E-state index in [9.17, 15) is 4.79 Å². The van der Waals surface area contributed by atoms with Crippen molar-refractivity contribution in [1.29, 1.82) is 0 Å². The van der Waals surface area contributed by atoms with Crippen molar-refractivity contribution in [3.05, 3.63) is 82.8 Å². The third-order valence-electron chi connectivity index (χ3n) is 4.69. The molecule has 0 atom stereocenters. The van der Waals surface area contributed by atoms with Crippen LogP contribution in [0.25, 0.3) is 22.4 Å². The molecule has 0 aliphatic rings. The molecule has 5 nitrogen and oxygen atoms in total. The molecule has 1 N–H and O–H groups in total. The number of carbonyl (C=O) groups excluding carboxylic acids is 1. The molecule has 1 heterocycles. The Morgan fingerprint density at radius 1 is 1.07 bits per heavy atom. The van der Waals surface area contributed by atoms with Crippen molar-refractivity contribution < 1.29 is 9.53 Å². The van der Waals surface area contributed by atoms with Crippen molar-refractivity contribution in [2.75, 3.05) is 7.11 Å². The van der Waals surface area contributed by atoms with Crippen LogP contribution in [0, 0.1) is 0 Å². The maximum absolute atomic E-state index is 12.7. The van der Waals surface area contributed by atoms with Crippen LogP contribution >= 0.6 is 15.9 Å². The number of para-hydroxylation sites is 2. The highest BCUT2D eigenvalue weighted by molar-refractivity contribution is 9.10. The average molecular weight is 450 g/mol. The van der Waals surface area contributed by atoms with E-state index in [0.29, 0.717) is 6.54 Å². The first-order valence-corrected chi connectivity index (χ1v) is 10.0. The zero-order valence-corrected chi connectivity index (χ0v) is 17.5. The maximum Gasteiger partial charge on any atom is 0.240 e. The minimum absolute atomic E-state index is 0.0692. The summed E-state index contributed by atoms with van der Waals surface area (Å²) in [5.74, 6) is 1.50. The summed E-state index contributed by atoms with van der Waals surface area (Å²) in [4.78, 5) is 17.5. The summed E-state index contributed by atoms with van der Waals surface area (Å²) >= 11 is 3.51. The van der Waals surface area contributed by atoms with Gasteiger partial charge in [0, 0.05) is 16.6 Å². The first-order chi connectivity index (χ1) is 14.1. The van der Waals surface area contributed by atoms with E-state index >= 15 is 0 Å². The lowest BCUT2D eigenvalue weighted by Crippen LogP contribution is -2.27. The monoisotopic (exact) mass is 449 g/mol. The standard InChI is InChI=1S/C23H20BrN3O2/c1-29-19-11-9-16(10-12-19)14-25-22(28)15-27-21-8-3-2-7-20(21)26-23(27)17-5-4-6-18(24)13-17/h2-13H,14-15H2,1H3,(H,25,28). The lowest BCUT2D eigenvalue weighted by Gasteiger charge is -2.11. The number of hydrogen-bond acceptors (Lipinski definition) is 3. The Balaban J connectivity index is 1.57. The van der Waals surface area contributed by atoms with E-state index in [2.05, 4.69) is 21.2 Å². The smallest absolute Gasteiger partial charge is 0.240 e. The molecule has 1 amide bonds. The fraction of sp³-hybridized carbons (Fsp3) is 0.130. The molecule has 0 bridgehead atoms. The molecular formula is C23H20BrN3O2. The summed E-state index contributed by atoms with van der Waals surface area (Å²) in [5, 5.41) is 2.99. The molecule has 4 aromatic rings. The van der Waals surface area contributed by atoms with E-state index < -0.39 is 0 Å². The third-order valence-corrected chi connectivity index (χ3v) is 5.18. The van der Waals surface area contributed by atoms with Crippen LogP contribution in [0.3, 0.4) is 0 Å². The van der Waals surface area contributed by atoms with E-state index in [1.807, 2.05) is 77.4 Å². The second kappa shape index (κ2) is 8.49. The van der Waals surface area contributed by atoms with Crippen molar-refractivity contribution in [2.24, 2.45) is 0 Å². The van der Waals surface area contributed by atoms with Gasteiger partial charge in [-0.05, 0) is 42.0 Å². The van der Waals surface area contributed by atoms with Gasteiger partial charge in [-0.2, -0.15) is 0 Å². The number of rotatable bonds is 6. The quantitative estimate of drug-likeness (QED) is 0.460. The molecule has 6 heteroatoms. The van der Waals surface area contributed by atoms with Gasteiger partial charge in [-0.25, -0.2) is 4.98 Å². The number of fused-ring (bicyclic) bond motifs is 1. The van der Waals surface area contributed by atoms with E-state index in [1.165, 1.54) is 0 Å². The molecule has 0 aliphatic carbocycles. The van der Waals surface area contributed by atoms with Crippen molar-refractivity contribution in [1.82, 2.24) is 14.9 Å². The number of ether oxygens (including phenoxy) is 1. The summed E-state index contributed by atoms with van der Waals surface area (Å²) in [6.45, 7) is 0.653. The van der Waals surface area contributed by atoms with Gasteiger partial charge >= 0.3 is 0 Å². The van der Waals surface area contributed by atoms with E-state index in [4.69, 9.17) is 9.72 Å². The number of halogens is 1. The molecule has 146 valence electrons. The van der Waals surface area contributed by atoms with Gasteiger partial charge in [0.25, 0.3) is 0 Å². The van der Waals surface area contributed by atoms with Crippen molar-refractivity contribution >= 4 is 32.9 Å². The summed E-state index contributed by atoms with van der Waals surface area (Å²) < 4.78 is 8.10. The molecule has 0 spiro atoms. The van der Waals surface area contributed by atoms with Gasteiger partial charge in [-0.3, -0.25) is 4.79 Å². The number of hydrogen-bond donors (Lipinski definition) is 1. The number of amides is 1. The van der Waals surface area contributed by atoms with Crippen LogP contribution in [0.15, 0.2) is 77.3 Å². The number of nitrogens with one attached hydrogen (secondary N) is 1. The largest absolute Gasteiger partial charge is 0.497 e. The molecule has 0 unspecified atom stereocenters. The molecule has 3 aromatic carbocycles. The first-order valence-electron chi connectivity index (χ1n) is 9.25. The van der Waals surface area contributed by atoms with Gasteiger partial charge < -0.3 is 14.6 Å². The van der Waals surface area contributed by atoms with Crippen LogP contribution in [0.4, 0.5) is 0 Å². The lowest BCUT2D eigenvalue weighted by molar-refractivity contribution is -0.121. The Kier molecular flexibility index (Phi) is 5.62. The minimum Gasteiger partial charge on any atom is -0.497 e. The minimum atomic E-state index is -0.0692. The highest BCUT2D eigenvalue weighted by atomic mass is 79.9. The predicted octanol–water partition coefficient (Wildman–Crippen LogP) is 4.79. The highest BCUT2D eigenvalue weighted by Crippen LogP contribution is 2.26. The molecule has 0 aliphatic heterocycles.